The number of carbonyl (C=O) groups excluding carboxylic acids is 4. The van der Waals surface area contributed by atoms with Gasteiger partial charge in [0.2, 0.25) is 0 Å². The number of halogens is 1. The maximum Gasteiger partial charge on any atom is 0.290 e. The standard InChI is InChI=1S/C24H17BrN2O4S/c25-16-9-11-17(12-10-16)27(24(31)32)23(30)18-6-2-1-5-15(18)13-14-26-21(28)19-7-3-4-8-20(19)22(26)29/h1-12H,13-14H2,(H,31,32). The number of fused-ring (bicyclic) bond motifs is 1. The molecule has 0 aromatic heterocycles. The van der Waals surface area contributed by atoms with E-state index in [2.05, 4.69) is 28.6 Å². The molecule has 160 valence electrons. The van der Waals surface area contributed by atoms with Gasteiger partial charge >= 0.3 is 0 Å². The lowest BCUT2D eigenvalue weighted by molar-refractivity contribution is 0.0656. The van der Waals surface area contributed by atoms with Crippen molar-refractivity contribution >= 4 is 57.2 Å². The number of hydrogen-bond donors (Lipinski definition) is 1. The third-order valence-corrected chi connectivity index (χ3v) is 5.94. The summed E-state index contributed by atoms with van der Waals surface area (Å²) in [5.41, 5.74) is 2.06. The molecule has 6 nitrogen and oxygen atoms in total. The van der Waals surface area contributed by atoms with Gasteiger partial charge in [0.15, 0.2) is 0 Å². The molecule has 0 radical (unpaired) electrons. The summed E-state index contributed by atoms with van der Waals surface area (Å²) in [5, 5.41) is -0.715. The van der Waals surface area contributed by atoms with Gasteiger partial charge in [0.25, 0.3) is 23.0 Å². The fourth-order valence-electron chi connectivity index (χ4n) is 3.65. The molecule has 0 saturated heterocycles. The Labute approximate surface area is 198 Å². The monoisotopic (exact) mass is 508 g/mol. The second-order valence-electron chi connectivity index (χ2n) is 7.11. The summed E-state index contributed by atoms with van der Waals surface area (Å²) in [6.07, 6.45) is 0.266. The Morgan fingerprint density at radius 3 is 2.00 bits per heavy atom. The highest BCUT2D eigenvalue weighted by molar-refractivity contribution is 9.10. The highest BCUT2D eigenvalue weighted by atomic mass is 79.9. The molecule has 0 unspecified atom stereocenters. The fraction of sp³-hybridized carbons (Fsp3) is 0.0833. The first kappa shape index (κ1) is 22.0. The summed E-state index contributed by atoms with van der Waals surface area (Å²) in [4.78, 5) is 52.9. The first-order chi connectivity index (χ1) is 15.4. The van der Waals surface area contributed by atoms with Crippen LogP contribution in [0.3, 0.4) is 0 Å². The van der Waals surface area contributed by atoms with Crippen molar-refractivity contribution in [1.82, 2.24) is 4.90 Å². The molecule has 0 bridgehead atoms. The van der Waals surface area contributed by atoms with E-state index in [1.54, 1.807) is 72.8 Å². The number of amides is 4. The van der Waals surface area contributed by atoms with Crippen molar-refractivity contribution in [1.29, 1.82) is 0 Å². The largest absolute Gasteiger partial charge is 0.290 e. The van der Waals surface area contributed by atoms with E-state index in [9.17, 15) is 19.2 Å². The van der Waals surface area contributed by atoms with E-state index in [-0.39, 0.29) is 24.8 Å². The molecule has 0 spiro atoms. The molecule has 1 heterocycles. The van der Waals surface area contributed by atoms with Crippen LogP contribution in [0.1, 0.15) is 36.6 Å². The third kappa shape index (κ3) is 4.11. The molecule has 8 heteroatoms. The predicted molar refractivity (Wildman–Crippen MR) is 127 cm³/mol. The second kappa shape index (κ2) is 9.10. The highest BCUT2D eigenvalue weighted by Crippen LogP contribution is 2.25. The Hall–Kier alpha value is -3.23. The molecule has 4 amide bonds. The van der Waals surface area contributed by atoms with E-state index in [4.69, 9.17) is 0 Å². The molecular formula is C24H17BrN2O4S. The maximum atomic E-state index is 13.3. The van der Waals surface area contributed by atoms with Gasteiger partial charge in [-0.1, -0.05) is 58.9 Å². The van der Waals surface area contributed by atoms with Gasteiger partial charge in [-0.3, -0.25) is 24.1 Å². The van der Waals surface area contributed by atoms with Crippen molar-refractivity contribution in [2.75, 3.05) is 11.4 Å². The fourth-order valence-corrected chi connectivity index (χ4v) is 4.12. The number of rotatable bonds is 5. The van der Waals surface area contributed by atoms with Gasteiger partial charge in [0.05, 0.1) is 16.8 Å². The zero-order chi connectivity index (χ0) is 22.8. The average molecular weight is 509 g/mol. The summed E-state index contributed by atoms with van der Waals surface area (Å²) >= 11 is 7.22. The minimum atomic E-state index is -0.715. The molecule has 1 aliphatic heterocycles. The Morgan fingerprint density at radius 2 is 1.41 bits per heavy atom. The van der Waals surface area contributed by atoms with Gasteiger partial charge in [-0.05, 0) is 54.4 Å². The lowest BCUT2D eigenvalue weighted by Gasteiger charge is -2.21. The van der Waals surface area contributed by atoms with Crippen LogP contribution in [0.15, 0.2) is 77.3 Å². The topological polar surface area (TPSA) is 74.8 Å². The molecule has 32 heavy (non-hydrogen) atoms. The first-order valence-corrected chi connectivity index (χ1v) is 11.0. The lowest BCUT2D eigenvalue weighted by Crippen LogP contribution is -2.35. The number of anilines is 1. The SMILES string of the molecule is O=C1c2ccccc2C(=O)N1CCc1ccccc1C(=O)N(C(=O)S)c1ccc(Br)cc1. The first-order valence-electron chi connectivity index (χ1n) is 9.74. The zero-order valence-corrected chi connectivity index (χ0v) is 19.2. The molecule has 1 aliphatic rings. The van der Waals surface area contributed by atoms with Gasteiger partial charge in [0.1, 0.15) is 0 Å². The van der Waals surface area contributed by atoms with Gasteiger partial charge in [-0.15, -0.1) is 0 Å². The normalized spacial score (nSPS) is 12.6. The average Bonchev–Trinajstić information content (AvgIpc) is 3.03. The Morgan fingerprint density at radius 1 is 0.844 bits per heavy atom. The molecule has 0 saturated carbocycles. The molecular weight excluding hydrogens is 492 g/mol. The van der Waals surface area contributed by atoms with E-state index in [0.717, 1.165) is 9.37 Å². The molecule has 0 N–H and O–H groups in total. The Balaban J connectivity index is 1.58. The minimum absolute atomic E-state index is 0.115. The van der Waals surface area contributed by atoms with E-state index >= 15 is 0 Å². The minimum Gasteiger partial charge on any atom is -0.274 e. The summed E-state index contributed by atoms with van der Waals surface area (Å²) in [5.74, 6) is -1.24. The van der Waals surface area contributed by atoms with Crippen molar-refractivity contribution in [2.45, 2.75) is 6.42 Å². The summed E-state index contributed by atoms with van der Waals surface area (Å²) in [6, 6.07) is 20.2. The van der Waals surface area contributed by atoms with Crippen LogP contribution in [0.4, 0.5) is 10.5 Å². The van der Waals surface area contributed by atoms with Gasteiger partial charge in [-0.25, -0.2) is 4.90 Å². The third-order valence-electron chi connectivity index (χ3n) is 5.21. The maximum absolute atomic E-state index is 13.3. The van der Waals surface area contributed by atoms with Gasteiger partial charge < -0.3 is 0 Å². The van der Waals surface area contributed by atoms with Gasteiger partial charge in [-0.2, -0.15) is 0 Å². The van der Waals surface area contributed by atoms with Crippen molar-refractivity contribution in [3.05, 3.63) is 99.5 Å². The number of carbonyl (C=O) groups is 4. The number of imide groups is 2. The quantitative estimate of drug-likeness (QED) is 0.389. The van der Waals surface area contributed by atoms with E-state index in [1.807, 2.05) is 0 Å². The number of benzene rings is 3. The molecule has 4 rings (SSSR count). The van der Waals surface area contributed by atoms with E-state index in [0.29, 0.717) is 27.9 Å². The van der Waals surface area contributed by atoms with E-state index in [1.165, 1.54) is 4.90 Å². The van der Waals surface area contributed by atoms with Crippen molar-refractivity contribution < 1.29 is 19.2 Å². The van der Waals surface area contributed by atoms with Crippen LogP contribution >= 0.6 is 28.6 Å². The van der Waals surface area contributed by atoms with Crippen LogP contribution in [-0.2, 0) is 6.42 Å². The number of nitrogens with zero attached hydrogens (tertiary/aromatic N) is 2. The molecule has 0 aliphatic carbocycles. The molecule has 0 fully saturated rings. The number of thiol groups is 1. The van der Waals surface area contributed by atoms with Crippen molar-refractivity contribution in [2.24, 2.45) is 0 Å². The molecule has 3 aromatic rings. The lowest BCUT2D eigenvalue weighted by atomic mass is 10.0. The molecule has 3 aromatic carbocycles. The van der Waals surface area contributed by atoms with Crippen LogP contribution in [0.5, 0.6) is 0 Å². The smallest absolute Gasteiger partial charge is 0.274 e. The zero-order valence-electron chi connectivity index (χ0n) is 16.7. The van der Waals surface area contributed by atoms with Crippen LogP contribution < -0.4 is 4.90 Å². The van der Waals surface area contributed by atoms with Crippen molar-refractivity contribution in [3.8, 4) is 0 Å². The van der Waals surface area contributed by atoms with Gasteiger partial charge in [0, 0.05) is 16.6 Å². The number of hydrogen-bond acceptors (Lipinski definition) is 4. The van der Waals surface area contributed by atoms with E-state index < -0.39 is 11.1 Å². The van der Waals surface area contributed by atoms with Crippen LogP contribution in [0.25, 0.3) is 0 Å². The van der Waals surface area contributed by atoms with Crippen LogP contribution in [0.2, 0.25) is 0 Å². The Kier molecular flexibility index (Phi) is 6.25. The van der Waals surface area contributed by atoms with Crippen molar-refractivity contribution in [3.63, 3.8) is 0 Å². The molecule has 0 atom stereocenters. The van der Waals surface area contributed by atoms with Crippen LogP contribution in [-0.4, -0.2) is 34.4 Å². The summed E-state index contributed by atoms with van der Waals surface area (Å²) < 4.78 is 0.807. The summed E-state index contributed by atoms with van der Waals surface area (Å²) in [7, 11) is 0. The highest BCUT2D eigenvalue weighted by Gasteiger charge is 2.35. The Bertz CT molecular complexity index is 1210. The summed E-state index contributed by atoms with van der Waals surface area (Å²) in [6.45, 7) is 0.115. The van der Waals surface area contributed by atoms with Crippen LogP contribution in [0, 0.1) is 0 Å². The second-order valence-corrected chi connectivity index (χ2v) is 8.41. The predicted octanol–water partition coefficient (Wildman–Crippen LogP) is 4.98.